The van der Waals surface area contributed by atoms with Gasteiger partial charge in [-0.3, -0.25) is 0 Å². The van der Waals surface area contributed by atoms with Crippen molar-refractivity contribution < 1.29 is 5.11 Å². The summed E-state index contributed by atoms with van der Waals surface area (Å²) in [6.07, 6.45) is 2.05. The molecule has 0 spiro atoms. The maximum absolute atomic E-state index is 9.63. The lowest BCUT2D eigenvalue weighted by molar-refractivity contribution is 0.474. The smallest absolute Gasteiger partial charge is 0.115 e. The van der Waals surface area contributed by atoms with Gasteiger partial charge in [-0.05, 0) is 54.8 Å². The molecule has 0 saturated carbocycles. The summed E-state index contributed by atoms with van der Waals surface area (Å²) in [5, 5.41) is 13.1. The number of benzene rings is 2. The van der Waals surface area contributed by atoms with E-state index in [1.165, 1.54) is 11.1 Å². The van der Waals surface area contributed by atoms with Crippen LogP contribution in [-0.2, 0) is 6.42 Å². The Labute approximate surface area is 135 Å². The molecule has 112 valence electrons. The molecule has 2 rings (SSSR count). The van der Waals surface area contributed by atoms with E-state index in [4.69, 9.17) is 0 Å². The second kappa shape index (κ2) is 8.20. The van der Waals surface area contributed by atoms with E-state index in [1.807, 2.05) is 18.2 Å². The zero-order valence-corrected chi connectivity index (χ0v) is 13.9. The predicted octanol–water partition coefficient (Wildman–Crippen LogP) is 4.48. The fraction of sp³-hybridized carbons (Fsp3) is 0.333. The molecule has 0 amide bonds. The molecule has 2 nitrogen and oxygen atoms in total. The molecule has 1 atom stereocenters. The van der Waals surface area contributed by atoms with Crippen molar-refractivity contribution in [2.45, 2.75) is 25.7 Å². The molecule has 0 aromatic heterocycles. The van der Waals surface area contributed by atoms with Gasteiger partial charge in [0.2, 0.25) is 0 Å². The normalized spacial score (nSPS) is 12.3. The summed E-state index contributed by atoms with van der Waals surface area (Å²) in [6, 6.07) is 16.0. The molecule has 3 heteroatoms. The van der Waals surface area contributed by atoms with E-state index in [1.54, 1.807) is 6.07 Å². The van der Waals surface area contributed by atoms with Crippen molar-refractivity contribution in [1.29, 1.82) is 0 Å². The zero-order valence-electron chi connectivity index (χ0n) is 12.3. The number of rotatable bonds is 7. The molecule has 2 N–H and O–H groups in total. The van der Waals surface area contributed by atoms with Crippen LogP contribution in [0.5, 0.6) is 5.75 Å². The largest absolute Gasteiger partial charge is 0.508 e. The van der Waals surface area contributed by atoms with Crippen LogP contribution in [0, 0.1) is 0 Å². The molecule has 0 radical (unpaired) electrons. The van der Waals surface area contributed by atoms with Crippen molar-refractivity contribution in [1.82, 2.24) is 5.32 Å². The maximum atomic E-state index is 9.63. The van der Waals surface area contributed by atoms with Gasteiger partial charge in [0.15, 0.2) is 0 Å². The zero-order chi connectivity index (χ0) is 15.1. The molecule has 21 heavy (non-hydrogen) atoms. The molecule has 2 aromatic rings. The van der Waals surface area contributed by atoms with E-state index in [-0.39, 0.29) is 0 Å². The number of halogens is 1. The molecular weight excluding hydrogens is 326 g/mol. The summed E-state index contributed by atoms with van der Waals surface area (Å²) >= 11 is 3.55. The van der Waals surface area contributed by atoms with Gasteiger partial charge >= 0.3 is 0 Å². The standard InChI is InChI=1S/C18H22BrNO/c1-2-9-20-13-16(15-6-4-7-17(19)12-15)10-14-5-3-8-18(21)11-14/h3-8,11-12,16,20-21H,2,9-10,13H2,1H3. The monoisotopic (exact) mass is 347 g/mol. The van der Waals surface area contributed by atoms with Crippen molar-refractivity contribution >= 4 is 15.9 Å². The SMILES string of the molecule is CCCNCC(Cc1cccc(O)c1)c1cccc(Br)c1. The van der Waals surface area contributed by atoms with Gasteiger partial charge in [-0.1, -0.05) is 47.1 Å². The van der Waals surface area contributed by atoms with E-state index in [9.17, 15) is 5.11 Å². The van der Waals surface area contributed by atoms with Gasteiger partial charge < -0.3 is 10.4 Å². The third kappa shape index (κ3) is 5.18. The van der Waals surface area contributed by atoms with Gasteiger partial charge in [0.05, 0.1) is 0 Å². The van der Waals surface area contributed by atoms with E-state index >= 15 is 0 Å². The molecule has 0 saturated heterocycles. The number of aromatic hydroxyl groups is 1. The Bertz CT molecular complexity index is 571. The maximum Gasteiger partial charge on any atom is 0.115 e. The Hall–Kier alpha value is -1.32. The first kappa shape index (κ1) is 16.1. The summed E-state index contributed by atoms with van der Waals surface area (Å²) in [4.78, 5) is 0. The molecule has 0 heterocycles. The second-order valence-electron chi connectivity index (χ2n) is 5.33. The number of hydrogen-bond donors (Lipinski definition) is 2. The van der Waals surface area contributed by atoms with Crippen LogP contribution in [0.4, 0.5) is 0 Å². The van der Waals surface area contributed by atoms with Crippen molar-refractivity contribution in [2.75, 3.05) is 13.1 Å². The minimum Gasteiger partial charge on any atom is -0.508 e. The van der Waals surface area contributed by atoms with Gasteiger partial charge in [-0.25, -0.2) is 0 Å². The minimum atomic E-state index is 0.335. The molecule has 0 fully saturated rings. The quantitative estimate of drug-likeness (QED) is 0.723. The minimum absolute atomic E-state index is 0.335. The third-order valence-corrected chi connectivity index (χ3v) is 4.02. The van der Waals surface area contributed by atoms with Crippen molar-refractivity contribution in [3.63, 3.8) is 0 Å². The highest BCUT2D eigenvalue weighted by atomic mass is 79.9. The Kier molecular flexibility index (Phi) is 6.27. The second-order valence-corrected chi connectivity index (χ2v) is 6.25. The van der Waals surface area contributed by atoms with E-state index in [0.29, 0.717) is 11.7 Å². The first-order chi connectivity index (χ1) is 10.2. The van der Waals surface area contributed by atoms with Crippen molar-refractivity contribution in [3.8, 4) is 5.75 Å². The van der Waals surface area contributed by atoms with Crippen molar-refractivity contribution in [3.05, 3.63) is 64.1 Å². The van der Waals surface area contributed by atoms with E-state index in [2.05, 4.69) is 52.4 Å². The van der Waals surface area contributed by atoms with E-state index < -0.39 is 0 Å². The third-order valence-electron chi connectivity index (χ3n) is 3.53. The number of phenolic OH excluding ortho intramolecular Hbond substituents is 1. The Morgan fingerprint density at radius 3 is 2.67 bits per heavy atom. The van der Waals surface area contributed by atoms with Crippen LogP contribution >= 0.6 is 15.9 Å². The number of phenols is 1. The molecule has 1 unspecified atom stereocenters. The summed E-state index contributed by atoms with van der Waals surface area (Å²) in [5.41, 5.74) is 2.48. The first-order valence-electron chi connectivity index (χ1n) is 7.43. The van der Waals surface area contributed by atoms with Gasteiger partial charge in [-0.15, -0.1) is 0 Å². The highest BCUT2D eigenvalue weighted by Crippen LogP contribution is 2.24. The highest BCUT2D eigenvalue weighted by Gasteiger charge is 2.13. The van der Waals surface area contributed by atoms with Crippen LogP contribution in [0.25, 0.3) is 0 Å². The fourth-order valence-corrected chi connectivity index (χ4v) is 2.91. The lowest BCUT2D eigenvalue weighted by atomic mass is 9.92. The fourth-order valence-electron chi connectivity index (χ4n) is 2.49. The molecule has 0 aliphatic rings. The van der Waals surface area contributed by atoms with Gasteiger partial charge in [0.25, 0.3) is 0 Å². The summed E-state index contributed by atoms with van der Waals surface area (Å²) in [7, 11) is 0. The summed E-state index contributed by atoms with van der Waals surface area (Å²) in [5.74, 6) is 0.734. The Balaban J connectivity index is 2.15. The van der Waals surface area contributed by atoms with Crippen LogP contribution in [0.15, 0.2) is 53.0 Å². The summed E-state index contributed by atoms with van der Waals surface area (Å²) in [6.45, 7) is 4.15. The Morgan fingerprint density at radius 2 is 1.95 bits per heavy atom. The van der Waals surface area contributed by atoms with Crippen LogP contribution in [-0.4, -0.2) is 18.2 Å². The number of hydrogen-bond acceptors (Lipinski definition) is 2. The Morgan fingerprint density at radius 1 is 1.14 bits per heavy atom. The van der Waals surface area contributed by atoms with Gasteiger partial charge in [-0.2, -0.15) is 0 Å². The van der Waals surface area contributed by atoms with Crippen LogP contribution in [0.1, 0.15) is 30.4 Å². The average molecular weight is 348 g/mol. The van der Waals surface area contributed by atoms with Crippen LogP contribution in [0.3, 0.4) is 0 Å². The first-order valence-corrected chi connectivity index (χ1v) is 8.22. The molecule has 0 aliphatic heterocycles. The molecule has 0 bridgehead atoms. The van der Waals surface area contributed by atoms with Gasteiger partial charge in [0.1, 0.15) is 5.75 Å². The molecule has 0 aliphatic carbocycles. The topological polar surface area (TPSA) is 32.3 Å². The van der Waals surface area contributed by atoms with Crippen LogP contribution in [0.2, 0.25) is 0 Å². The molecule has 2 aromatic carbocycles. The lowest BCUT2D eigenvalue weighted by Crippen LogP contribution is -2.23. The number of nitrogens with one attached hydrogen (secondary N) is 1. The summed E-state index contributed by atoms with van der Waals surface area (Å²) < 4.78 is 1.11. The van der Waals surface area contributed by atoms with Gasteiger partial charge in [0, 0.05) is 16.9 Å². The predicted molar refractivity (Wildman–Crippen MR) is 91.9 cm³/mol. The molecular formula is C18H22BrNO. The van der Waals surface area contributed by atoms with Crippen LogP contribution < -0.4 is 5.32 Å². The highest BCUT2D eigenvalue weighted by molar-refractivity contribution is 9.10. The van der Waals surface area contributed by atoms with Crippen molar-refractivity contribution in [2.24, 2.45) is 0 Å². The average Bonchev–Trinajstić information content (AvgIpc) is 2.46. The van der Waals surface area contributed by atoms with E-state index in [0.717, 1.165) is 30.4 Å². The lowest BCUT2D eigenvalue weighted by Gasteiger charge is -2.19.